The third kappa shape index (κ3) is 4.95. The summed E-state index contributed by atoms with van der Waals surface area (Å²) in [6, 6.07) is 20.3. The van der Waals surface area contributed by atoms with Crippen LogP contribution in [-0.2, 0) is 11.3 Å². The van der Waals surface area contributed by atoms with E-state index >= 15 is 0 Å². The van der Waals surface area contributed by atoms with Gasteiger partial charge in [0.05, 0.1) is 17.9 Å². The fourth-order valence-corrected chi connectivity index (χ4v) is 4.29. The number of H-pyrrole nitrogens is 1. The summed E-state index contributed by atoms with van der Waals surface area (Å²) in [4.78, 5) is 30.0. The van der Waals surface area contributed by atoms with Gasteiger partial charge in [-0.3, -0.25) is 19.7 Å². The first-order valence-corrected chi connectivity index (χ1v) is 11.3. The van der Waals surface area contributed by atoms with Crippen LogP contribution in [0.2, 0.25) is 0 Å². The van der Waals surface area contributed by atoms with Gasteiger partial charge < -0.3 is 10.1 Å². The van der Waals surface area contributed by atoms with E-state index in [2.05, 4.69) is 33.2 Å². The Bertz CT molecular complexity index is 1530. The lowest BCUT2D eigenvalue weighted by molar-refractivity contribution is -0.138. The number of hydrogen-bond donors (Lipinski definition) is 2. The van der Waals surface area contributed by atoms with Crippen molar-refractivity contribution in [1.29, 1.82) is 0 Å². The molecule has 1 aromatic carbocycles. The number of benzene rings is 1. The molecule has 0 saturated carbocycles. The highest BCUT2D eigenvalue weighted by Gasteiger charge is 2.13. The van der Waals surface area contributed by atoms with Crippen molar-refractivity contribution < 1.29 is 9.90 Å². The Hall–Kier alpha value is -4.36. The minimum absolute atomic E-state index is 0.00585. The first kappa shape index (κ1) is 22.4. The lowest BCUT2D eigenvalue weighted by Crippen LogP contribution is -2.25. The van der Waals surface area contributed by atoms with Crippen LogP contribution < -0.4 is 0 Å². The Morgan fingerprint density at radius 1 is 0.943 bits per heavy atom. The fraction of sp³-hybridized carbons (Fsp3) is 0.143. The standard InChI is InChI=1S/C28H25N5O2/c1-18-5-3-8-25(31-18)26-13-24(23-9-10-30-28(23)32-26)22-12-21(14-29-15-22)20-7-4-6-19(11-20)16-33(2)17-27(34)35/h3-15H,16-17H2,1-2H3,(H,30,32)(H,34,35). The van der Waals surface area contributed by atoms with Gasteiger partial charge in [0, 0.05) is 47.3 Å². The lowest BCUT2D eigenvalue weighted by atomic mass is 9.98. The summed E-state index contributed by atoms with van der Waals surface area (Å²) in [5.41, 5.74) is 8.43. The smallest absolute Gasteiger partial charge is 0.317 e. The maximum atomic E-state index is 11.0. The van der Waals surface area contributed by atoms with Crippen LogP contribution in [0.4, 0.5) is 0 Å². The minimum atomic E-state index is -0.839. The SMILES string of the molecule is Cc1cccc(-c2cc(-c3cncc(-c4cccc(CN(C)CC(=O)O)c4)c3)c3cc[nH]c3n2)n1. The van der Waals surface area contributed by atoms with Crippen molar-refractivity contribution in [2.75, 3.05) is 13.6 Å². The zero-order valence-corrected chi connectivity index (χ0v) is 19.6. The number of aliphatic carboxylic acids is 1. The predicted molar refractivity (Wildman–Crippen MR) is 137 cm³/mol. The van der Waals surface area contributed by atoms with Gasteiger partial charge in [-0.25, -0.2) is 4.98 Å². The van der Waals surface area contributed by atoms with Crippen LogP contribution in [0.15, 0.2) is 79.3 Å². The molecule has 4 aromatic heterocycles. The Morgan fingerprint density at radius 3 is 2.60 bits per heavy atom. The van der Waals surface area contributed by atoms with E-state index in [-0.39, 0.29) is 6.54 Å². The van der Waals surface area contributed by atoms with Gasteiger partial charge in [0.2, 0.25) is 0 Å². The van der Waals surface area contributed by atoms with Crippen LogP contribution in [0, 0.1) is 6.92 Å². The van der Waals surface area contributed by atoms with E-state index in [0.717, 1.165) is 55.9 Å². The molecule has 0 aliphatic rings. The molecule has 0 radical (unpaired) electrons. The maximum Gasteiger partial charge on any atom is 0.317 e. The molecule has 0 bridgehead atoms. The van der Waals surface area contributed by atoms with E-state index in [4.69, 9.17) is 10.1 Å². The molecule has 0 aliphatic carbocycles. The molecular formula is C28H25N5O2. The fourth-order valence-electron chi connectivity index (χ4n) is 4.29. The van der Waals surface area contributed by atoms with Crippen molar-refractivity contribution in [3.8, 4) is 33.6 Å². The molecule has 0 atom stereocenters. The van der Waals surface area contributed by atoms with Crippen molar-refractivity contribution in [1.82, 2.24) is 24.8 Å². The first-order valence-electron chi connectivity index (χ1n) is 11.3. The van der Waals surface area contributed by atoms with Crippen LogP contribution >= 0.6 is 0 Å². The van der Waals surface area contributed by atoms with E-state index in [1.165, 1.54) is 0 Å². The molecule has 5 aromatic rings. The number of nitrogens with one attached hydrogen (secondary N) is 1. The highest BCUT2D eigenvalue weighted by atomic mass is 16.4. The third-order valence-corrected chi connectivity index (χ3v) is 5.85. The number of carbonyl (C=O) groups is 1. The lowest BCUT2D eigenvalue weighted by Gasteiger charge is -2.15. The largest absolute Gasteiger partial charge is 0.480 e. The number of carboxylic acids is 1. The third-order valence-electron chi connectivity index (χ3n) is 5.85. The Labute approximate surface area is 203 Å². The monoisotopic (exact) mass is 463 g/mol. The number of hydrogen-bond acceptors (Lipinski definition) is 5. The predicted octanol–water partition coefficient (Wildman–Crippen LogP) is 5.18. The molecule has 0 unspecified atom stereocenters. The average Bonchev–Trinajstić information content (AvgIpc) is 3.32. The van der Waals surface area contributed by atoms with Gasteiger partial charge in [-0.1, -0.05) is 24.3 Å². The number of fused-ring (bicyclic) bond motifs is 1. The summed E-state index contributed by atoms with van der Waals surface area (Å²) in [5.74, 6) is -0.839. The number of rotatable bonds is 7. The highest BCUT2D eigenvalue weighted by molar-refractivity contribution is 5.95. The average molecular weight is 464 g/mol. The molecule has 5 rings (SSSR count). The zero-order valence-electron chi connectivity index (χ0n) is 19.6. The topological polar surface area (TPSA) is 95.0 Å². The summed E-state index contributed by atoms with van der Waals surface area (Å²) in [7, 11) is 1.80. The summed E-state index contributed by atoms with van der Waals surface area (Å²) in [6.45, 7) is 2.51. The number of likely N-dealkylation sites (N-methyl/N-ethyl adjacent to an activating group) is 1. The van der Waals surface area contributed by atoms with Crippen molar-refractivity contribution in [3.05, 3.63) is 90.5 Å². The first-order chi connectivity index (χ1) is 17.0. The van der Waals surface area contributed by atoms with Gasteiger partial charge in [0.1, 0.15) is 5.65 Å². The van der Waals surface area contributed by atoms with E-state index in [9.17, 15) is 4.79 Å². The summed E-state index contributed by atoms with van der Waals surface area (Å²) >= 11 is 0. The van der Waals surface area contributed by atoms with E-state index in [1.807, 2.05) is 68.0 Å². The number of aromatic nitrogens is 4. The second-order valence-corrected chi connectivity index (χ2v) is 8.69. The van der Waals surface area contributed by atoms with Gasteiger partial charge in [-0.15, -0.1) is 0 Å². The number of pyridine rings is 3. The van der Waals surface area contributed by atoms with E-state index in [1.54, 1.807) is 11.9 Å². The van der Waals surface area contributed by atoms with Crippen LogP contribution in [0.25, 0.3) is 44.7 Å². The molecule has 0 saturated heterocycles. The van der Waals surface area contributed by atoms with E-state index < -0.39 is 5.97 Å². The molecule has 4 heterocycles. The van der Waals surface area contributed by atoms with Crippen LogP contribution in [0.3, 0.4) is 0 Å². The van der Waals surface area contributed by atoms with Gasteiger partial charge in [-0.05, 0) is 67.1 Å². The quantitative estimate of drug-likeness (QED) is 0.345. The highest BCUT2D eigenvalue weighted by Crippen LogP contribution is 2.33. The van der Waals surface area contributed by atoms with Crippen LogP contribution in [0.5, 0.6) is 0 Å². The second kappa shape index (κ2) is 9.48. The molecule has 2 N–H and O–H groups in total. The van der Waals surface area contributed by atoms with Gasteiger partial charge in [0.25, 0.3) is 0 Å². The Kier molecular flexibility index (Phi) is 6.08. The minimum Gasteiger partial charge on any atom is -0.480 e. The number of carboxylic acid groups (broad SMARTS) is 1. The number of aryl methyl sites for hydroxylation is 1. The molecule has 0 amide bonds. The Morgan fingerprint density at radius 2 is 1.77 bits per heavy atom. The molecule has 7 nitrogen and oxygen atoms in total. The van der Waals surface area contributed by atoms with Crippen molar-refractivity contribution in [2.24, 2.45) is 0 Å². The van der Waals surface area contributed by atoms with Gasteiger partial charge in [-0.2, -0.15) is 0 Å². The number of aromatic amines is 1. The molecule has 35 heavy (non-hydrogen) atoms. The normalized spacial score (nSPS) is 11.3. The maximum absolute atomic E-state index is 11.0. The summed E-state index contributed by atoms with van der Waals surface area (Å²) in [5, 5.41) is 10.1. The molecule has 174 valence electrons. The molecule has 0 fully saturated rings. The van der Waals surface area contributed by atoms with Crippen molar-refractivity contribution >= 4 is 17.0 Å². The van der Waals surface area contributed by atoms with E-state index in [0.29, 0.717) is 6.54 Å². The molecule has 0 spiro atoms. The second-order valence-electron chi connectivity index (χ2n) is 8.69. The molecule has 7 heteroatoms. The summed E-state index contributed by atoms with van der Waals surface area (Å²) in [6.07, 6.45) is 5.61. The van der Waals surface area contributed by atoms with Gasteiger partial charge in [0.15, 0.2) is 0 Å². The number of nitrogens with zero attached hydrogens (tertiary/aromatic N) is 4. The van der Waals surface area contributed by atoms with Gasteiger partial charge >= 0.3 is 5.97 Å². The molecule has 0 aliphatic heterocycles. The zero-order chi connectivity index (χ0) is 24.4. The van der Waals surface area contributed by atoms with Crippen LogP contribution in [0.1, 0.15) is 11.3 Å². The molecular weight excluding hydrogens is 438 g/mol. The van der Waals surface area contributed by atoms with Crippen molar-refractivity contribution in [3.63, 3.8) is 0 Å². The van der Waals surface area contributed by atoms with Crippen molar-refractivity contribution in [2.45, 2.75) is 13.5 Å². The van der Waals surface area contributed by atoms with Crippen LogP contribution in [-0.4, -0.2) is 49.5 Å². The summed E-state index contributed by atoms with van der Waals surface area (Å²) < 4.78 is 0. The Balaban J connectivity index is 1.53.